The Bertz CT molecular complexity index is 1260. The lowest BCUT2D eigenvalue weighted by atomic mass is 10.0. The fourth-order valence-corrected chi connectivity index (χ4v) is 3.21. The monoisotopic (exact) mass is 374 g/mol. The van der Waals surface area contributed by atoms with Crippen LogP contribution < -0.4 is 16.6 Å². The van der Waals surface area contributed by atoms with E-state index in [2.05, 4.69) is 25.4 Å². The van der Waals surface area contributed by atoms with Gasteiger partial charge < -0.3 is 10.3 Å². The number of H-pyrrole nitrogens is 2. The maximum Gasteiger partial charge on any atom is 0.325 e. The second-order valence-electron chi connectivity index (χ2n) is 7.03. The Morgan fingerprint density at radius 1 is 1.14 bits per heavy atom. The van der Waals surface area contributed by atoms with Gasteiger partial charge in [-0.2, -0.15) is 5.10 Å². The molecular formula is C20H18N6O2. The molecule has 0 aliphatic heterocycles. The molecule has 3 aromatic heterocycles. The fraction of sp³-hybridized carbons (Fsp3) is 0.200. The summed E-state index contributed by atoms with van der Waals surface area (Å²) in [4.78, 5) is 32.6. The molecule has 1 saturated carbocycles. The molecule has 1 fully saturated rings. The van der Waals surface area contributed by atoms with Crippen molar-refractivity contribution in [3.8, 4) is 22.4 Å². The Hall–Kier alpha value is -3.68. The molecular weight excluding hydrogens is 356 g/mol. The maximum absolute atomic E-state index is 12.2. The van der Waals surface area contributed by atoms with E-state index >= 15 is 0 Å². The molecule has 4 aromatic rings. The highest BCUT2D eigenvalue weighted by Gasteiger charge is 2.20. The van der Waals surface area contributed by atoms with Crippen LogP contribution in [0.3, 0.4) is 0 Å². The van der Waals surface area contributed by atoms with Crippen LogP contribution in [-0.2, 0) is 0 Å². The van der Waals surface area contributed by atoms with Crippen molar-refractivity contribution in [2.45, 2.75) is 12.8 Å². The van der Waals surface area contributed by atoms with Gasteiger partial charge in [0, 0.05) is 36.4 Å². The van der Waals surface area contributed by atoms with Crippen LogP contribution in [0.2, 0.25) is 0 Å². The summed E-state index contributed by atoms with van der Waals surface area (Å²) in [5.74, 6) is 0.808. The van der Waals surface area contributed by atoms with Gasteiger partial charge in [-0.1, -0.05) is 12.1 Å². The number of benzene rings is 1. The lowest BCUT2D eigenvalue weighted by Gasteiger charge is -2.09. The summed E-state index contributed by atoms with van der Waals surface area (Å²) >= 11 is 0. The summed E-state index contributed by atoms with van der Waals surface area (Å²) < 4.78 is 1.63. The van der Waals surface area contributed by atoms with Crippen molar-refractivity contribution in [1.29, 1.82) is 0 Å². The van der Waals surface area contributed by atoms with E-state index in [1.165, 1.54) is 19.0 Å². The van der Waals surface area contributed by atoms with Crippen LogP contribution in [0.5, 0.6) is 0 Å². The molecule has 1 aliphatic rings. The van der Waals surface area contributed by atoms with Gasteiger partial charge in [-0.25, -0.2) is 14.3 Å². The van der Waals surface area contributed by atoms with E-state index in [1.807, 2.05) is 30.3 Å². The predicted octanol–water partition coefficient (Wildman–Crippen LogP) is 2.26. The van der Waals surface area contributed by atoms with Crippen molar-refractivity contribution < 1.29 is 0 Å². The van der Waals surface area contributed by atoms with Gasteiger partial charge in [0.1, 0.15) is 0 Å². The molecule has 0 unspecified atom stereocenters. The van der Waals surface area contributed by atoms with E-state index in [-0.39, 0.29) is 0 Å². The van der Waals surface area contributed by atoms with E-state index in [9.17, 15) is 9.59 Å². The van der Waals surface area contributed by atoms with Crippen LogP contribution in [0, 0.1) is 5.92 Å². The first-order chi connectivity index (χ1) is 13.7. The molecule has 3 heterocycles. The van der Waals surface area contributed by atoms with Crippen LogP contribution in [0.1, 0.15) is 12.8 Å². The minimum Gasteiger partial charge on any atom is -0.385 e. The Morgan fingerprint density at radius 2 is 1.96 bits per heavy atom. The molecule has 0 saturated heterocycles. The molecule has 1 aliphatic carbocycles. The third kappa shape index (κ3) is 3.09. The molecule has 1 aromatic carbocycles. The summed E-state index contributed by atoms with van der Waals surface area (Å²) in [5, 5.41) is 7.91. The molecule has 0 radical (unpaired) electrons. The van der Waals surface area contributed by atoms with Gasteiger partial charge >= 0.3 is 5.69 Å². The smallest absolute Gasteiger partial charge is 0.325 e. The zero-order chi connectivity index (χ0) is 19.1. The quantitative estimate of drug-likeness (QED) is 0.497. The third-order valence-electron chi connectivity index (χ3n) is 4.94. The van der Waals surface area contributed by atoms with Crippen molar-refractivity contribution in [3.63, 3.8) is 0 Å². The summed E-state index contributed by atoms with van der Waals surface area (Å²) in [6.07, 6.45) is 7.40. The Labute approximate surface area is 159 Å². The van der Waals surface area contributed by atoms with Crippen LogP contribution >= 0.6 is 0 Å². The molecule has 0 bridgehead atoms. The first-order valence-corrected chi connectivity index (χ1v) is 9.18. The van der Waals surface area contributed by atoms with Gasteiger partial charge in [0.15, 0.2) is 5.65 Å². The van der Waals surface area contributed by atoms with E-state index in [1.54, 1.807) is 16.9 Å². The average molecular weight is 374 g/mol. The number of nitrogens with zero attached hydrogens (tertiary/aromatic N) is 3. The second-order valence-corrected chi connectivity index (χ2v) is 7.03. The Balaban J connectivity index is 1.57. The van der Waals surface area contributed by atoms with Crippen molar-refractivity contribution in [3.05, 3.63) is 69.8 Å². The van der Waals surface area contributed by atoms with Crippen LogP contribution in [0.15, 0.2) is 58.5 Å². The number of anilines is 1. The lowest BCUT2D eigenvalue weighted by molar-refractivity contribution is 0.889. The number of imidazole rings is 1. The van der Waals surface area contributed by atoms with Crippen LogP contribution in [0.25, 0.3) is 28.0 Å². The maximum atomic E-state index is 12.2. The zero-order valence-corrected chi connectivity index (χ0v) is 15.0. The van der Waals surface area contributed by atoms with Gasteiger partial charge in [-0.3, -0.25) is 9.78 Å². The average Bonchev–Trinajstić information content (AvgIpc) is 3.41. The van der Waals surface area contributed by atoms with E-state index in [4.69, 9.17) is 0 Å². The van der Waals surface area contributed by atoms with Gasteiger partial charge in [0.25, 0.3) is 5.56 Å². The number of rotatable bonds is 5. The number of hydrogen-bond acceptors (Lipinski definition) is 5. The Morgan fingerprint density at radius 3 is 2.71 bits per heavy atom. The summed E-state index contributed by atoms with van der Waals surface area (Å²) in [6, 6.07) is 9.96. The first kappa shape index (κ1) is 16.5. The third-order valence-corrected chi connectivity index (χ3v) is 4.94. The van der Waals surface area contributed by atoms with Crippen molar-refractivity contribution in [2.24, 2.45) is 5.92 Å². The Kier molecular flexibility index (Phi) is 3.82. The summed E-state index contributed by atoms with van der Waals surface area (Å²) in [6.45, 7) is 1.01. The van der Waals surface area contributed by atoms with Gasteiger partial charge in [-0.05, 0) is 42.5 Å². The minimum atomic E-state index is -0.549. The van der Waals surface area contributed by atoms with Gasteiger partial charge in [-0.15, -0.1) is 0 Å². The lowest BCUT2D eigenvalue weighted by Crippen LogP contribution is -2.23. The second kappa shape index (κ2) is 6.49. The number of hydrogen-bond donors (Lipinski definition) is 3. The largest absolute Gasteiger partial charge is 0.385 e. The van der Waals surface area contributed by atoms with E-state index in [0.717, 1.165) is 29.3 Å². The molecule has 0 amide bonds. The molecule has 3 N–H and O–H groups in total. The number of aromatic nitrogens is 5. The standard InChI is InChI=1S/C20H18N6O2/c27-19-16(11-23-20(28)24-19)17-9-15(18-21-7-8-26(18)25-17)13-3-5-14(6-4-13)22-10-12-1-2-12/h3-9,11-12,22H,1-2,10H2,(H2,23,24,27,28). The fourth-order valence-electron chi connectivity index (χ4n) is 3.21. The molecule has 8 nitrogen and oxygen atoms in total. The topological polar surface area (TPSA) is 108 Å². The van der Waals surface area contributed by atoms with Gasteiger partial charge in [0.05, 0.1) is 11.3 Å². The molecule has 8 heteroatoms. The molecule has 140 valence electrons. The predicted molar refractivity (Wildman–Crippen MR) is 106 cm³/mol. The van der Waals surface area contributed by atoms with Crippen LogP contribution in [0.4, 0.5) is 5.69 Å². The van der Waals surface area contributed by atoms with Crippen molar-refractivity contribution in [1.82, 2.24) is 24.6 Å². The number of aromatic amines is 2. The van der Waals surface area contributed by atoms with E-state index < -0.39 is 11.2 Å². The number of fused-ring (bicyclic) bond motifs is 1. The molecule has 5 rings (SSSR count). The highest BCUT2D eigenvalue weighted by atomic mass is 16.2. The molecule has 0 spiro atoms. The highest BCUT2D eigenvalue weighted by molar-refractivity contribution is 5.81. The van der Waals surface area contributed by atoms with Crippen LogP contribution in [-0.4, -0.2) is 31.1 Å². The SMILES string of the molecule is O=c1[nH]cc(-c2cc(-c3ccc(NCC4CC4)cc3)c3nccn3n2)c(=O)[nH]1. The van der Waals surface area contributed by atoms with E-state index in [0.29, 0.717) is 16.9 Å². The molecule has 0 atom stereocenters. The van der Waals surface area contributed by atoms with Crippen molar-refractivity contribution >= 4 is 11.3 Å². The number of nitrogens with one attached hydrogen (secondary N) is 3. The zero-order valence-electron chi connectivity index (χ0n) is 15.0. The summed E-state index contributed by atoms with van der Waals surface area (Å²) in [7, 11) is 0. The van der Waals surface area contributed by atoms with Gasteiger partial charge in [0.2, 0.25) is 0 Å². The summed E-state index contributed by atoms with van der Waals surface area (Å²) in [5.41, 5.74) is 3.32. The minimum absolute atomic E-state index is 0.291. The highest BCUT2D eigenvalue weighted by Crippen LogP contribution is 2.30. The normalized spacial score (nSPS) is 13.7. The molecule has 28 heavy (non-hydrogen) atoms. The van der Waals surface area contributed by atoms with Crippen molar-refractivity contribution in [2.75, 3.05) is 11.9 Å². The first-order valence-electron chi connectivity index (χ1n) is 9.18.